The van der Waals surface area contributed by atoms with Gasteiger partial charge >= 0.3 is 0 Å². The van der Waals surface area contributed by atoms with Crippen LogP contribution >= 0.6 is 0 Å². The van der Waals surface area contributed by atoms with E-state index in [1.165, 1.54) is 51.4 Å². The summed E-state index contributed by atoms with van der Waals surface area (Å²) in [5.74, 6) is 0.343. The standard InChI is InChI=1S/C17H28N2O/c1-2-3-4-8-11-17(20)14-15-12-13-19(18-15)16-9-6-5-7-10-16/h12-13,16H,2-11,14H2,1H3. The first kappa shape index (κ1) is 15.3. The summed E-state index contributed by atoms with van der Waals surface area (Å²) >= 11 is 0. The lowest BCUT2D eigenvalue weighted by Gasteiger charge is -2.21. The zero-order valence-electron chi connectivity index (χ0n) is 12.8. The van der Waals surface area contributed by atoms with Gasteiger partial charge in [-0.15, -0.1) is 0 Å². The van der Waals surface area contributed by atoms with Gasteiger partial charge in [0.2, 0.25) is 0 Å². The normalized spacial score (nSPS) is 16.4. The fourth-order valence-corrected chi connectivity index (χ4v) is 3.06. The van der Waals surface area contributed by atoms with Gasteiger partial charge in [0.1, 0.15) is 5.78 Å². The Bertz CT molecular complexity index is 405. The van der Waals surface area contributed by atoms with Gasteiger partial charge in [-0.25, -0.2) is 0 Å². The van der Waals surface area contributed by atoms with E-state index in [1.807, 2.05) is 6.07 Å². The summed E-state index contributed by atoms with van der Waals surface area (Å²) in [6.07, 6.45) is 14.5. The molecule has 1 saturated carbocycles. The van der Waals surface area contributed by atoms with Crippen molar-refractivity contribution < 1.29 is 4.79 Å². The predicted octanol–water partition coefficient (Wildman–Crippen LogP) is 4.47. The van der Waals surface area contributed by atoms with Crippen LogP contribution in [-0.4, -0.2) is 15.6 Å². The van der Waals surface area contributed by atoms with Crippen LogP contribution in [0.5, 0.6) is 0 Å². The van der Waals surface area contributed by atoms with E-state index in [1.54, 1.807) is 0 Å². The highest BCUT2D eigenvalue weighted by Gasteiger charge is 2.16. The van der Waals surface area contributed by atoms with E-state index in [-0.39, 0.29) is 0 Å². The van der Waals surface area contributed by atoms with Crippen LogP contribution in [0.15, 0.2) is 12.3 Å². The summed E-state index contributed by atoms with van der Waals surface area (Å²) < 4.78 is 2.10. The largest absolute Gasteiger partial charge is 0.299 e. The van der Waals surface area contributed by atoms with Crippen LogP contribution in [0, 0.1) is 0 Å². The maximum absolute atomic E-state index is 11.9. The lowest BCUT2D eigenvalue weighted by atomic mass is 9.96. The molecule has 0 spiro atoms. The lowest BCUT2D eigenvalue weighted by molar-refractivity contribution is -0.118. The van der Waals surface area contributed by atoms with Crippen molar-refractivity contribution in [3.8, 4) is 0 Å². The van der Waals surface area contributed by atoms with E-state index >= 15 is 0 Å². The van der Waals surface area contributed by atoms with Crippen LogP contribution in [0.3, 0.4) is 0 Å². The van der Waals surface area contributed by atoms with Gasteiger partial charge in [0.15, 0.2) is 0 Å². The number of hydrogen-bond donors (Lipinski definition) is 0. The Labute approximate surface area is 122 Å². The predicted molar refractivity (Wildman–Crippen MR) is 81.8 cm³/mol. The fraction of sp³-hybridized carbons (Fsp3) is 0.765. The van der Waals surface area contributed by atoms with E-state index in [4.69, 9.17) is 0 Å². The molecule has 0 bridgehead atoms. The summed E-state index contributed by atoms with van der Waals surface area (Å²) in [5, 5.41) is 4.61. The molecule has 0 aliphatic heterocycles. The second kappa shape index (κ2) is 8.23. The van der Waals surface area contributed by atoms with Crippen LogP contribution in [0.1, 0.15) is 82.9 Å². The summed E-state index contributed by atoms with van der Waals surface area (Å²) in [5.41, 5.74) is 0.955. The number of aromatic nitrogens is 2. The molecule has 1 heterocycles. The van der Waals surface area contributed by atoms with Crippen molar-refractivity contribution in [3.63, 3.8) is 0 Å². The molecule has 2 rings (SSSR count). The van der Waals surface area contributed by atoms with Crippen molar-refractivity contribution in [2.45, 2.75) is 83.6 Å². The number of rotatable bonds is 8. The van der Waals surface area contributed by atoms with Crippen LogP contribution in [-0.2, 0) is 11.2 Å². The minimum absolute atomic E-state index is 0.343. The van der Waals surface area contributed by atoms with Crippen LogP contribution < -0.4 is 0 Å². The van der Waals surface area contributed by atoms with Crippen molar-refractivity contribution in [2.75, 3.05) is 0 Å². The first-order valence-corrected chi connectivity index (χ1v) is 8.35. The van der Waals surface area contributed by atoms with E-state index < -0.39 is 0 Å². The molecule has 0 amide bonds. The van der Waals surface area contributed by atoms with Crippen LogP contribution in [0.25, 0.3) is 0 Å². The molecule has 1 fully saturated rings. The summed E-state index contributed by atoms with van der Waals surface area (Å²) in [6, 6.07) is 2.59. The Morgan fingerprint density at radius 1 is 1.25 bits per heavy atom. The molecule has 0 radical (unpaired) electrons. The third-order valence-corrected chi connectivity index (χ3v) is 4.30. The Kier molecular flexibility index (Phi) is 6.28. The van der Waals surface area contributed by atoms with E-state index in [9.17, 15) is 4.79 Å². The zero-order chi connectivity index (χ0) is 14.2. The number of unbranched alkanes of at least 4 members (excludes halogenated alkanes) is 3. The van der Waals surface area contributed by atoms with Gasteiger partial charge in [0.05, 0.1) is 18.2 Å². The van der Waals surface area contributed by atoms with Gasteiger partial charge in [0.25, 0.3) is 0 Å². The third kappa shape index (κ3) is 4.77. The quantitative estimate of drug-likeness (QED) is 0.657. The van der Waals surface area contributed by atoms with Crippen molar-refractivity contribution in [3.05, 3.63) is 18.0 Å². The Morgan fingerprint density at radius 2 is 2.05 bits per heavy atom. The van der Waals surface area contributed by atoms with Gasteiger partial charge in [-0.3, -0.25) is 9.48 Å². The fourth-order valence-electron chi connectivity index (χ4n) is 3.06. The molecule has 0 saturated heterocycles. The molecular weight excluding hydrogens is 248 g/mol. The summed E-state index contributed by atoms with van der Waals surface area (Å²) in [4.78, 5) is 11.9. The summed E-state index contributed by atoms with van der Waals surface area (Å²) in [6.45, 7) is 2.19. The first-order valence-electron chi connectivity index (χ1n) is 8.35. The molecule has 1 aliphatic rings. The number of carbonyl (C=O) groups excluding carboxylic acids is 1. The number of ketones is 1. The van der Waals surface area contributed by atoms with Crippen LogP contribution in [0.2, 0.25) is 0 Å². The molecule has 0 aromatic carbocycles. The van der Waals surface area contributed by atoms with Gasteiger partial charge in [0, 0.05) is 12.6 Å². The maximum Gasteiger partial charge on any atom is 0.138 e. The van der Waals surface area contributed by atoms with Crippen molar-refractivity contribution in [1.82, 2.24) is 9.78 Å². The first-order chi connectivity index (χ1) is 9.79. The van der Waals surface area contributed by atoms with E-state index in [0.717, 1.165) is 18.5 Å². The molecule has 0 N–H and O–H groups in total. The monoisotopic (exact) mass is 276 g/mol. The lowest BCUT2D eigenvalue weighted by Crippen LogP contribution is -2.14. The van der Waals surface area contributed by atoms with Gasteiger partial charge < -0.3 is 0 Å². The second-order valence-corrected chi connectivity index (χ2v) is 6.11. The zero-order valence-corrected chi connectivity index (χ0v) is 12.8. The number of Topliss-reactive ketones (excluding diaryl/α,β-unsaturated/α-hetero) is 1. The highest BCUT2D eigenvalue weighted by Crippen LogP contribution is 2.27. The van der Waals surface area contributed by atoms with E-state index in [2.05, 4.69) is 22.9 Å². The molecule has 0 unspecified atom stereocenters. The Balaban J connectivity index is 1.75. The van der Waals surface area contributed by atoms with Crippen molar-refractivity contribution in [1.29, 1.82) is 0 Å². The topological polar surface area (TPSA) is 34.9 Å². The molecular formula is C17H28N2O. The molecule has 0 atom stereocenters. The molecule has 3 nitrogen and oxygen atoms in total. The average Bonchev–Trinajstić information content (AvgIpc) is 2.93. The third-order valence-electron chi connectivity index (χ3n) is 4.30. The van der Waals surface area contributed by atoms with Crippen LogP contribution in [0.4, 0.5) is 0 Å². The minimum atomic E-state index is 0.343. The highest BCUT2D eigenvalue weighted by molar-refractivity contribution is 5.80. The van der Waals surface area contributed by atoms with E-state index in [0.29, 0.717) is 18.2 Å². The molecule has 1 aromatic rings. The molecule has 1 aliphatic carbocycles. The maximum atomic E-state index is 11.9. The highest BCUT2D eigenvalue weighted by atomic mass is 16.1. The average molecular weight is 276 g/mol. The minimum Gasteiger partial charge on any atom is -0.299 e. The molecule has 3 heteroatoms. The SMILES string of the molecule is CCCCCCC(=O)Cc1ccn(C2CCCCC2)n1. The second-order valence-electron chi connectivity index (χ2n) is 6.11. The molecule has 20 heavy (non-hydrogen) atoms. The number of carbonyl (C=O) groups is 1. The van der Waals surface area contributed by atoms with Gasteiger partial charge in [-0.1, -0.05) is 45.4 Å². The number of hydrogen-bond acceptors (Lipinski definition) is 2. The Morgan fingerprint density at radius 3 is 2.80 bits per heavy atom. The molecule has 112 valence electrons. The Hall–Kier alpha value is -1.12. The van der Waals surface area contributed by atoms with Gasteiger partial charge in [-0.05, 0) is 25.3 Å². The summed E-state index contributed by atoms with van der Waals surface area (Å²) in [7, 11) is 0. The van der Waals surface area contributed by atoms with Crippen molar-refractivity contribution >= 4 is 5.78 Å². The van der Waals surface area contributed by atoms with Crippen molar-refractivity contribution in [2.24, 2.45) is 0 Å². The molecule has 1 aromatic heterocycles. The number of nitrogens with zero attached hydrogens (tertiary/aromatic N) is 2. The van der Waals surface area contributed by atoms with Gasteiger partial charge in [-0.2, -0.15) is 5.10 Å². The smallest absolute Gasteiger partial charge is 0.138 e.